The summed E-state index contributed by atoms with van der Waals surface area (Å²) < 4.78 is 1.63. The van der Waals surface area contributed by atoms with Crippen LogP contribution < -0.4 is 15.6 Å². The lowest BCUT2D eigenvalue weighted by atomic mass is 9.88. The Morgan fingerprint density at radius 2 is 2.15 bits per heavy atom. The van der Waals surface area contributed by atoms with Crippen molar-refractivity contribution in [3.63, 3.8) is 0 Å². The van der Waals surface area contributed by atoms with Gasteiger partial charge in [-0.3, -0.25) is 0 Å². The van der Waals surface area contributed by atoms with Crippen molar-refractivity contribution in [3.05, 3.63) is 76.8 Å². The van der Waals surface area contributed by atoms with E-state index in [2.05, 4.69) is 32.3 Å². The highest BCUT2D eigenvalue weighted by molar-refractivity contribution is 6.35. The summed E-state index contributed by atoms with van der Waals surface area (Å²) in [6.45, 7) is 4.03. The predicted molar refractivity (Wildman–Crippen MR) is 103 cm³/mol. The number of H-pyrrole nitrogens is 1. The third kappa shape index (κ3) is 3.27. The number of fused-ring (bicyclic) bond motifs is 1. The number of hydrogen-bond acceptors (Lipinski definition) is 4. The number of anilines is 2. The molecule has 0 saturated heterocycles. The second-order valence-electron chi connectivity index (χ2n) is 6.03. The lowest BCUT2D eigenvalue weighted by molar-refractivity contribution is -0.360. The topological polar surface area (TPSA) is 86.0 Å². The lowest BCUT2D eigenvalue weighted by Crippen LogP contribution is -2.40. The van der Waals surface area contributed by atoms with Gasteiger partial charge in [-0.15, -0.1) is 0 Å². The Hall–Kier alpha value is -2.90. The maximum Gasteiger partial charge on any atom is 0.319 e. The Kier molecular flexibility index (Phi) is 4.55. The first-order valence-corrected chi connectivity index (χ1v) is 8.88. The average molecular weight is 402 g/mol. The van der Waals surface area contributed by atoms with Gasteiger partial charge in [-0.05, 0) is 23.8 Å². The maximum atomic E-state index is 13.1. The van der Waals surface area contributed by atoms with Crippen molar-refractivity contribution < 1.29 is 9.78 Å². The Morgan fingerprint density at radius 1 is 1.30 bits per heavy atom. The quantitative estimate of drug-likeness (QED) is 0.705. The number of aromatic nitrogens is 4. The fraction of sp³-hybridized carbons (Fsp3) is 0.111. The summed E-state index contributed by atoms with van der Waals surface area (Å²) >= 11 is 12.5. The zero-order chi connectivity index (χ0) is 19.0. The van der Waals surface area contributed by atoms with Gasteiger partial charge in [0.2, 0.25) is 5.95 Å². The molecule has 0 radical (unpaired) electrons. The first kappa shape index (κ1) is 17.5. The van der Waals surface area contributed by atoms with Gasteiger partial charge in [-0.2, -0.15) is 10.1 Å². The summed E-state index contributed by atoms with van der Waals surface area (Å²) in [5, 5.41) is 11.1. The molecule has 9 heteroatoms. The first-order chi connectivity index (χ1) is 13.0. The number of nitrogens with zero attached hydrogens (tertiary/aromatic N) is 3. The molecule has 2 atom stereocenters. The number of nitrogens with one attached hydrogen (secondary N) is 3. The van der Waals surface area contributed by atoms with Crippen LogP contribution in [0.1, 0.15) is 11.6 Å². The Bertz CT molecular complexity index is 1020. The zero-order valence-corrected chi connectivity index (χ0v) is 15.5. The van der Waals surface area contributed by atoms with Gasteiger partial charge in [0, 0.05) is 21.8 Å². The summed E-state index contributed by atoms with van der Waals surface area (Å²) in [5.74, 6) is 0.130. The van der Waals surface area contributed by atoms with Crippen molar-refractivity contribution in [2.45, 2.75) is 6.04 Å². The number of carbonyl (C=O) groups excluding carboxylic acids is 1. The summed E-state index contributed by atoms with van der Waals surface area (Å²) in [4.78, 5) is 20.3. The highest BCUT2D eigenvalue weighted by Gasteiger charge is 2.42. The van der Waals surface area contributed by atoms with Crippen LogP contribution in [0.25, 0.3) is 0 Å². The molecule has 0 aliphatic carbocycles. The van der Waals surface area contributed by atoms with Gasteiger partial charge < -0.3 is 5.32 Å². The largest absolute Gasteiger partial charge is 0.328 e. The van der Waals surface area contributed by atoms with Crippen LogP contribution in [-0.2, 0) is 4.79 Å². The van der Waals surface area contributed by atoms with E-state index in [4.69, 9.17) is 23.2 Å². The van der Waals surface area contributed by atoms with Gasteiger partial charge in [-0.25, -0.2) is 19.8 Å². The van der Waals surface area contributed by atoms with Crippen LogP contribution in [0.15, 0.2) is 61.2 Å². The van der Waals surface area contributed by atoms with Crippen LogP contribution in [0.2, 0.25) is 10.0 Å². The molecule has 0 fully saturated rings. The number of amides is 1. The molecule has 7 nitrogen and oxygen atoms in total. The van der Waals surface area contributed by atoms with Crippen LogP contribution >= 0.6 is 23.2 Å². The molecule has 136 valence electrons. The van der Waals surface area contributed by atoms with Gasteiger partial charge in [-0.1, -0.05) is 41.9 Å². The molecule has 0 spiro atoms. The van der Waals surface area contributed by atoms with Gasteiger partial charge >= 0.3 is 5.91 Å². The maximum absolute atomic E-state index is 13.1. The number of aromatic amines is 1. The van der Waals surface area contributed by atoms with Gasteiger partial charge in [0.15, 0.2) is 0 Å². The molecule has 1 aliphatic rings. The number of hydrogen-bond donors (Lipinski definition) is 2. The highest BCUT2D eigenvalue weighted by Crippen LogP contribution is 2.40. The Balaban J connectivity index is 1.78. The van der Waals surface area contributed by atoms with Crippen LogP contribution in [-0.4, -0.2) is 20.7 Å². The van der Waals surface area contributed by atoms with Crippen molar-refractivity contribution in [2.24, 2.45) is 5.92 Å². The second kappa shape index (κ2) is 7.02. The van der Waals surface area contributed by atoms with Crippen molar-refractivity contribution in [3.8, 4) is 0 Å². The summed E-state index contributed by atoms with van der Waals surface area (Å²) in [7, 11) is 0. The predicted octanol–water partition coefficient (Wildman–Crippen LogP) is 3.18. The summed E-state index contributed by atoms with van der Waals surface area (Å²) in [5.41, 5.74) is 1.20. The van der Waals surface area contributed by atoms with Crippen LogP contribution in [0.4, 0.5) is 11.8 Å². The molecular weight excluding hydrogens is 387 g/mol. The number of carbonyl (C=O) groups is 1. The fourth-order valence-corrected chi connectivity index (χ4v) is 3.65. The number of pyridine rings is 1. The van der Waals surface area contributed by atoms with Gasteiger partial charge in [0.25, 0.3) is 5.82 Å². The number of halogens is 2. The highest BCUT2D eigenvalue weighted by atomic mass is 35.5. The molecule has 4 rings (SSSR count). The van der Waals surface area contributed by atoms with E-state index in [9.17, 15) is 4.79 Å². The van der Waals surface area contributed by atoms with Crippen LogP contribution in [0.3, 0.4) is 0 Å². The molecule has 1 aliphatic heterocycles. The standard InChI is InChI=1S/C18H14Cl2N6O/c1-10-15(17(27)25-14-4-2-3-7-21-14)16(26-18(24-10)22-9-23-26)12-6-5-11(19)8-13(12)20/h2-9,15-16H,1H2,(H,21,25,27)(H,22,23,24)/p+1. The van der Waals surface area contributed by atoms with Crippen molar-refractivity contribution in [1.82, 2.24) is 14.8 Å². The van der Waals surface area contributed by atoms with E-state index in [1.165, 1.54) is 6.33 Å². The normalized spacial score (nSPS) is 18.5. The molecular formula is C18H15Cl2N6O+. The number of benzene rings is 1. The third-order valence-corrected chi connectivity index (χ3v) is 4.89. The summed E-state index contributed by atoms with van der Waals surface area (Å²) in [6, 6.07) is 10.0. The molecule has 2 unspecified atom stereocenters. The van der Waals surface area contributed by atoms with Crippen molar-refractivity contribution in [1.29, 1.82) is 0 Å². The summed E-state index contributed by atoms with van der Waals surface area (Å²) in [6.07, 6.45) is 3.14. The molecule has 2 aromatic heterocycles. The monoisotopic (exact) mass is 401 g/mol. The molecule has 1 amide bonds. The Morgan fingerprint density at radius 3 is 2.89 bits per heavy atom. The van der Waals surface area contributed by atoms with Crippen molar-refractivity contribution in [2.75, 3.05) is 10.6 Å². The van der Waals surface area contributed by atoms with E-state index in [0.717, 1.165) is 0 Å². The smallest absolute Gasteiger partial charge is 0.319 e. The fourth-order valence-electron chi connectivity index (χ4n) is 3.13. The van der Waals surface area contributed by atoms with Gasteiger partial charge in [0.1, 0.15) is 18.3 Å². The minimum Gasteiger partial charge on any atom is -0.328 e. The molecule has 3 N–H and O–H groups in total. The zero-order valence-electron chi connectivity index (χ0n) is 14.0. The molecule has 3 aromatic rings. The molecule has 0 bridgehead atoms. The lowest BCUT2D eigenvalue weighted by Gasteiger charge is -2.32. The SMILES string of the molecule is C=C1Nc2ncnn2C(c2ccc(Cl)cc2Cl)C1C(=O)Nc1cccc[nH+]1. The minimum absolute atomic E-state index is 0.257. The van der Waals surface area contributed by atoms with E-state index >= 15 is 0 Å². The van der Waals surface area contributed by atoms with Crippen molar-refractivity contribution >= 4 is 40.9 Å². The van der Waals surface area contributed by atoms with Gasteiger partial charge in [0.05, 0.1) is 6.20 Å². The van der Waals surface area contributed by atoms with E-state index in [-0.39, 0.29) is 5.91 Å². The minimum atomic E-state index is -0.675. The van der Waals surface area contributed by atoms with E-state index in [0.29, 0.717) is 33.1 Å². The Labute approximate surface area is 165 Å². The average Bonchev–Trinajstić information content (AvgIpc) is 3.09. The van der Waals surface area contributed by atoms with Crippen LogP contribution in [0.5, 0.6) is 0 Å². The van der Waals surface area contributed by atoms with E-state index < -0.39 is 12.0 Å². The molecule has 27 heavy (non-hydrogen) atoms. The molecule has 1 aromatic carbocycles. The van der Waals surface area contributed by atoms with Crippen LogP contribution in [0, 0.1) is 5.92 Å². The third-order valence-electron chi connectivity index (χ3n) is 4.33. The first-order valence-electron chi connectivity index (χ1n) is 8.12. The number of rotatable bonds is 3. The van der Waals surface area contributed by atoms with E-state index in [1.807, 2.05) is 12.1 Å². The molecule has 0 saturated carbocycles. The van der Waals surface area contributed by atoms with E-state index in [1.54, 1.807) is 35.1 Å². The molecule has 3 heterocycles. The second-order valence-corrected chi connectivity index (χ2v) is 6.88.